The molecular weight excluding hydrogens is 250 g/mol. The van der Waals surface area contributed by atoms with Crippen molar-refractivity contribution >= 4 is 5.97 Å². The van der Waals surface area contributed by atoms with Crippen LogP contribution in [0.3, 0.4) is 0 Å². The van der Waals surface area contributed by atoms with Gasteiger partial charge in [0.1, 0.15) is 0 Å². The van der Waals surface area contributed by atoms with Gasteiger partial charge in [0.25, 0.3) is 5.92 Å². The van der Waals surface area contributed by atoms with Crippen molar-refractivity contribution in [2.24, 2.45) is 5.41 Å². The molecule has 2 nitrogen and oxygen atoms in total. The van der Waals surface area contributed by atoms with Gasteiger partial charge < -0.3 is 5.11 Å². The Bertz CT molecular complexity index is 479. The van der Waals surface area contributed by atoms with E-state index in [9.17, 15) is 13.6 Å². The van der Waals surface area contributed by atoms with Crippen LogP contribution in [0.4, 0.5) is 8.78 Å². The van der Waals surface area contributed by atoms with E-state index in [0.717, 1.165) is 5.56 Å². The average molecular weight is 270 g/mol. The molecular formula is C15H20F2O2. The van der Waals surface area contributed by atoms with E-state index in [2.05, 4.69) is 0 Å². The third kappa shape index (κ3) is 4.30. The van der Waals surface area contributed by atoms with Crippen LogP contribution < -0.4 is 0 Å². The van der Waals surface area contributed by atoms with Gasteiger partial charge in [-0.1, -0.05) is 31.5 Å². The number of aliphatic carboxylic acids is 1. The van der Waals surface area contributed by atoms with Gasteiger partial charge in [-0.25, -0.2) is 8.78 Å². The first kappa shape index (κ1) is 15.6. The molecule has 0 aliphatic rings. The highest BCUT2D eigenvalue weighted by molar-refractivity contribution is 5.67. The molecule has 1 aromatic carbocycles. The molecule has 0 radical (unpaired) electrons. The molecule has 0 aromatic heterocycles. The smallest absolute Gasteiger partial charge is 0.303 e. The zero-order valence-corrected chi connectivity index (χ0v) is 11.8. The van der Waals surface area contributed by atoms with Gasteiger partial charge in [0.2, 0.25) is 0 Å². The monoisotopic (exact) mass is 270 g/mol. The summed E-state index contributed by atoms with van der Waals surface area (Å²) in [5.41, 5.74) is 0.343. The second-order valence-electron chi connectivity index (χ2n) is 5.93. The molecule has 0 saturated heterocycles. The third-order valence-corrected chi connectivity index (χ3v) is 3.12. The highest BCUT2D eigenvalue weighted by Crippen LogP contribution is 2.42. The van der Waals surface area contributed by atoms with Crippen LogP contribution in [-0.2, 0) is 10.7 Å². The molecule has 4 heteroatoms. The van der Waals surface area contributed by atoms with Crippen LogP contribution in [0.5, 0.6) is 0 Å². The van der Waals surface area contributed by atoms with Crippen LogP contribution in [0, 0.1) is 19.3 Å². The summed E-state index contributed by atoms with van der Waals surface area (Å²) in [7, 11) is 0. The van der Waals surface area contributed by atoms with Gasteiger partial charge in [0.15, 0.2) is 0 Å². The molecule has 0 unspecified atom stereocenters. The van der Waals surface area contributed by atoms with E-state index in [4.69, 9.17) is 5.11 Å². The summed E-state index contributed by atoms with van der Waals surface area (Å²) in [4.78, 5) is 10.7. The maximum atomic E-state index is 14.3. The number of aryl methyl sites for hydroxylation is 2. The number of carboxylic acids is 1. The Kier molecular flexibility index (Phi) is 4.33. The van der Waals surface area contributed by atoms with Crippen LogP contribution in [0.2, 0.25) is 0 Å². The number of hydrogen-bond acceptors (Lipinski definition) is 1. The summed E-state index contributed by atoms with van der Waals surface area (Å²) in [5, 5.41) is 8.77. The van der Waals surface area contributed by atoms with Crippen molar-refractivity contribution in [1.82, 2.24) is 0 Å². The van der Waals surface area contributed by atoms with E-state index in [1.165, 1.54) is 6.07 Å². The number of halogens is 2. The molecule has 0 spiro atoms. The highest BCUT2D eigenvalue weighted by Gasteiger charge is 2.40. The number of carbonyl (C=O) groups is 1. The van der Waals surface area contributed by atoms with E-state index >= 15 is 0 Å². The summed E-state index contributed by atoms with van der Waals surface area (Å²) < 4.78 is 28.7. The quantitative estimate of drug-likeness (QED) is 0.866. The van der Waals surface area contributed by atoms with Crippen LogP contribution in [0.25, 0.3) is 0 Å². The van der Waals surface area contributed by atoms with E-state index in [-0.39, 0.29) is 12.0 Å². The first-order valence-electron chi connectivity index (χ1n) is 6.21. The predicted octanol–water partition coefficient (Wildman–Crippen LogP) is 4.29. The third-order valence-electron chi connectivity index (χ3n) is 3.12. The number of benzene rings is 1. The van der Waals surface area contributed by atoms with Gasteiger partial charge in [0, 0.05) is 12.0 Å². The second-order valence-corrected chi connectivity index (χ2v) is 5.93. The highest BCUT2D eigenvalue weighted by atomic mass is 19.3. The Morgan fingerprint density at radius 3 is 2.37 bits per heavy atom. The second kappa shape index (κ2) is 5.27. The molecule has 106 valence electrons. The Balaban J connectivity index is 3.03. The summed E-state index contributed by atoms with van der Waals surface area (Å²) in [6.45, 7) is 6.52. The van der Waals surface area contributed by atoms with Gasteiger partial charge >= 0.3 is 5.97 Å². The first-order valence-corrected chi connectivity index (χ1v) is 6.21. The van der Waals surface area contributed by atoms with Crippen molar-refractivity contribution in [3.63, 3.8) is 0 Å². The average Bonchev–Trinajstić information content (AvgIpc) is 2.17. The lowest BCUT2D eigenvalue weighted by atomic mass is 9.80. The number of carboxylic acid groups (broad SMARTS) is 1. The minimum atomic E-state index is -3.02. The van der Waals surface area contributed by atoms with Crippen molar-refractivity contribution in [1.29, 1.82) is 0 Å². The molecule has 0 amide bonds. The standard InChI is InChI=1S/C15H20F2O2/c1-10-5-6-11(2)12(7-10)15(16,17)9-14(3,4)8-13(18)19/h5-7H,8-9H2,1-4H3,(H,18,19). The van der Waals surface area contributed by atoms with Crippen molar-refractivity contribution in [2.45, 2.75) is 46.5 Å². The fourth-order valence-corrected chi connectivity index (χ4v) is 2.30. The molecule has 0 heterocycles. The lowest BCUT2D eigenvalue weighted by molar-refractivity contribution is -0.140. The predicted molar refractivity (Wildman–Crippen MR) is 70.5 cm³/mol. The Morgan fingerprint density at radius 2 is 1.84 bits per heavy atom. The zero-order chi connectivity index (χ0) is 14.8. The largest absolute Gasteiger partial charge is 0.481 e. The molecule has 1 N–H and O–H groups in total. The molecule has 0 saturated carbocycles. The topological polar surface area (TPSA) is 37.3 Å². The molecule has 0 atom stereocenters. The number of hydrogen-bond donors (Lipinski definition) is 1. The molecule has 1 aromatic rings. The maximum absolute atomic E-state index is 14.3. The van der Waals surface area contributed by atoms with Crippen molar-refractivity contribution < 1.29 is 18.7 Å². The fraction of sp³-hybridized carbons (Fsp3) is 0.533. The zero-order valence-electron chi connectivity index (χ0n) is 11.8. The minimum Gasteiger partial charge on any atom is -0.481 e. The summed E-state index contributed by atoms with van der Waals surface area (Å²) in [5.74, 6) is -4.07. The van der Waals surface area contributed by atoms with Gasteiger partial charge in [-0.05, 0) is 30.9 Å². The molecule has 0 aliphatic carbocycles. The SMILES string of the molecule is Cc1ccc(C)c(C(F)(F)CC(C)(C)CC(=O)O)c1. The van der Waals surface area contributed by atoms with Crippen LogP contribution in [-0.4, -0.2) is 11.1 Å². The van der Waals surface area contributed by atoms with Crippen molar-refractivity contribution in [3.8, 4) is 0 Å². The van der Waals surface area contributed by atoms with Crippen LogP contribution in [0.1, 0.15) is 43.4 Å². The summed E-state index contributed by atoms with van der Waals surface area (Å²) in [6.07, 6.45) is -0.746. The molecule has 0 bridgehead atoms. The summed E-state index contributed by atoms with van der Waals surface area (Å²) >= 11 is 0. The lowest BCUT2D eigenvalue weighted by Crippen LogP contribution is -2.27. The van der Waals surface area contributed by atoms with Gasteiger partial charge in [-0.15, -0.1) is 0 Å². The Morgan fingerprint density at radius 1 is 1.26 bits per heavy atom. The van der Waals surface area contributed by atoms with Crippen molar-refractivity contribution in [3.05, 3.63) is 34.9 Å². The maximum Gasteiger partial charge on any atom is 0.303 e. The summed E-state index contributed by atoms with van der Waals surface area (Å²) in [6, 6.07) is 4.94. The van der Waals surface area contributed by atoms with Crippen LogP contribution in [0.15, 0.2) is 18.2 Å². The van der Waals surface area contributed by atoms with Crippen molar-refractivity contribution in [2.75, 3.05) is 0 Å². The molecule has 0 fully saturated rings. The number of alkyl halides is 2. The molecule has 1 rings (SSSR count). The van der Waals surface area contributed by atoms with Gasteiger partial charge in [-0.2, -0.15) is 0 Å². The van der Waals surface area contributed by atoms with E-state index < -0.39 is 23.7 Å². The van der Waals surface area contributed by atoms with Crippen LogP contribution >= 0.6 is 0 Å². The number of rotatable bonds is 5. The lowest BCUT2D eigenvalue weighted by Gasteiger charge is -2.29. The molecule has 0 aliphatic heterocycles. The fourth-order valence-electron chi connectivity index (χ4n) is 2.30. The van der Waals surface area contributed by atoms with Gasteiger partial charge in [-0.3, -0.25) is 4.79 Å². The van der Waals surface area contributed by atoms with E-state index in [1.54, 1.807) is 39.8 Å². The molecule has 19 heavy (non-hydrogen) atoms. The Hall–Kier alpha value is -1.45. The van der Waals surface area contributed by atoms with Gasteiger partial charge in [0.05, 0.1) is 6.42 Å². The minimum absolute atomic E-state index is 0.00837. The first-order chi connectivity index (χ1) is 8.53. The van der Waals surface area contributed by atoms with E-state index in [0.29, 0.717) is 5.56 Å². The Labute approximate surface area is 112 Å². The normalized spacial score (nSPS) is 12.5. The van der Waals surface area contributed by atoms with E-state index in [1.807, 2.05) is 0 Å².